The lowest BCUT2D eigenvalue weighted by atomic mass is 10.1. The number of H-pyrrole nitrogens is 1. The fraction of sp³-hybridized carbons (Fsp3) is 0.158. The lowest BCUT2D eigenvalue weighted by Gasteiger charge is -2.11. The fourth-order valence-corrected chi connectivity index (χ4v) is 2.93. The van der Waals surface area contributed by atoms with Gasteiger partial charge in [0.1, 0.15) is 11.4 Å². The number of rotatable bonds is 5. The number of fused-ring (bicyclic) bond motifs is 1. The summed E-state index contributed by atoms with van der Waals surface area (Å²) in [5.74, 6) is 1.08. The van der Waals surface area contributed by atoms with Crippen molar-refractivity contribution in [3.05, 3.63) is 66.2 Å². The number of methoxy groups -OCH3 is 1. The molecular formula is C19H18N6O2. The number of benzene rings is 1. The lowest BCUT2D eigenvalue weighted by molar-refractivity contribution is 0.0933. The van der Waals surface area contributed by atoms with Crippen molar-refractivity contribution < 1.29 is 9.53 Å². The topological polar surface area (TPSA) is 97.2 Å². The summed E-state index contributed by atoms with van der Waals surface area (Å²) < 4.78 is 7.20. The van der Waals surface area contributed by atoms with Crippen LogP contribution < -0.4 is 10.1 Å². The third kappa shape index (κ3) is 3.12. The Morgan fingerprint density at radius 1 is 1.19 bits per heavy atom. The highest BCUT2D eigenvalue weighted by atomic mass is 16.5. The predicted octanol–water partition coefficient (Wildman–Crippen LogP) is 2.62. The molecule has 0 radical (unpaired) electrons. The summed E-state index contributed by atoms with van der Waals surface area (Å²) in [5.41, 5.74) is 2.54. The number of hydrogen-bond donors (Lipinski definition) is 2. The molecule has 0 saturated carbocycles. The van der Waals surface area contributed by atoms with E-state index < -0.39 is 0 Å². The first-order valence-corrected chi connectivity index (χ1v) is 8.46. The van der Waals surface area contributed by atoms with Crippen LogP contribution in [0.1, 0.15) is 29.3 Å². The van der Waals surface area contributed by atoms with Crippen molar-refractivity contribution in [2.24, 2.45) is 0 Å². The first-order valence-electron chi connectivity index (χ1n) is 8.46. The smallest absolute Gasteiger partial charge is 0.269 e. The largest absolute Gasteiger partial charge is 0.496 e. The van der Waals surface area contributed by atoms with Gasteiger partial charge in [-0.05, 0) is 37.3 Å². The minimum Gasteiger partial charge on any atom is -0.496 e. The zero-order chi connectivity index (χ0) is 18.8. The molecule has 0 fully saturated rings. The standard InChI is InChI=1S/C19H18N6O2/c1-12(18-24-23-17-9-5-6-10-25(17)18)20-19(26)15-11-14(21-22-15)13-7-3-4-8-16(13)27-2/h3-12H,1-2H3,(H,20,26)(H,21,22). The second-order valence-corrected chi connectivity index (χ2v) is 6.05. The highest BCUT2D eigenvalue weighted by Gasteiger charge is 2.19. The molecule has 4 aromatic rings. The van der Waals surface area contributed by atoms with Gasteiger partial charge < -0.3 is 10.1 Å². The number of aromatic nitrogens is 5. The zero-order valence-electron chi connectivity index (χ0n) is 14.9. The van der Waals surface area contributed by atoms with Gasteiger partial charge >= 0.3 is 0 Å². The van der Waals surface area contributed by atoms with Crippen LogP contribution in [0.4, 0.5) is 0 Å². The molecule has 8 nitrogen and oxygen atoms in total. The summed E-state index contributed by atoms with van der Waals surface area (Å²) in [5, 5.41) is 18.2. The number of para-hydroxylation sites is 1. The molecular weight excluding hydrogens is 344 g/mol. The number of nitrogens with one attached hydrogen (secondary N) is 2. The van der Waals surface area contributed by atoms with Crippen molar-refractivity contribution in [3.8, 4) is 17.0 Å². The van der Waals surface area contributed by atoms with E-state index in [4.69, 9.17) is 4.74 Å². The first-order chi connectivity index (χ1) is 13.2. The van der Waals surface area contributed by atoms with E-state index in [1.54, 1.807) is 13.2 Å². The Kier molecular flexibility index (Phi) is 4.29. The SMILES string of the molecule is COc1ccccc1-c1cc(C(=O)NC(C)c2nnc3ccccn23)[nH]n1. The summed E-state index contributed by atoms with van der Waals surface area (Å²) in [7, 11) is 1.60. The molecule has 1 atom stereocenters. The van der Waals surface area contributed by atoms with E-state index in [1.165, 1.54) is 0 Å². The van der Waals surface area contributed by atoms with Crippen LogP contribution >= 0.6 is 0 Å². The van der Waals surface area contributed by atoms with E-state index in [2.05, 4.69) is 25.7 Å². The number of carbonyl (C=O) groups excluding carboxylic acids is 1. The maximum absolute atomic E-state index is 12.6. The zero-order valence-corrected chi connectivity index (χ0v) is 14.9. The molecule has 3 aromatic heterocycles. The Labute approximate surface area is 155 Å². The predicted molar refractivity (Wildman–Crippen MR) is 99.4 cm³/mol. The van der Waals surface area contributed by atoms with Gasteiger partial charge in [-0.1, -0.05) is 18.2 Å². The van der Waals surface area contributed by atoms with Gasteiger partial charge in [0.2, 0.25) is 0 Å². The van der Waals surface area contributed by atoms with Gasteiger partial charge in [-0.25, -0.2) is 0 Å². The molecule has 136 valence electrons. The van der Waals surface area contributed by atoms with Gasteiger partial charge in [-0.2, -0.15) is 5.10 Å². The van der Waals surface area contributed by atoms with Crippen molar-refractivity contribution in [2.75, 3.05) is 7.11 Å². The summed E-state index contributed by atoms with van der Waals surface area (Å²) in [6.07, 6.45) is 1.86. The second kappa shape index (κ2) is 6.91. The van der Waals surface area contributed by atoms with Crippen LogP contribution in [0, 0.1) is 0 Å². The minimum atomic E-state index is -0.326. The van der Waals surface area contributed by atoms with Gasteiger partial charge in [-0.15, -0.1) is 10.2 Å². The Morgan fingerprint density at radius 3 is 2.85 bits per heavy atom. The molecule has 0 aliphatic carbocycles. The van der Waals surface area contributed by atoms with E-state index in [0.717, 1.165) is 11.2 Å². The number of hydrogen-bond acceptors (Lipinski definition) is 5. The van der Waals surface area contributed by atoms with Crippen LogP contribution in [-0.4, -0.2) is 37.8 Å². The van der Waals surface area contributed by atoms with Gasteiger partial charge in [0, 0.05) is 11.8 Å². The molecule has 1 unspecified atom stereocenters. The van der Waals surface area contributed by atoms with Crippen molar-refractivity contribution in [1.82, 2.24) is 30.1 Å². The average Bonchev–Trinajstić information content (AvgIpc) is 3.35. The fourth-order valence-electron chi connectivity index (χ4n) is 2.93. The second-order valence-electron chi connectivity index (χ2n) is 6.05. The molecule has 8 heteroatoms. The molecule has 1 amide bonds. The number of pyridine rings is 1. The Bertz CT molecular complexity index is 1100. The summed E-state index contributed by atoms with van der Waals surface area (Å²) >= 11 is 0. The maximum Gasteiger partial charge on any atom is 0.269 e. The number of amides is 1. The van der Waals surface area contributed by atoms with Gasteiger partial charge in [0.05, 0.1) is 18.8 Å². The van der Waals surface area contributed by atoms with Gasteiger partial charge in [0.25, 0.3) is 5.91 Å². The highest BCUT2D eigenvalue weighted by Crippen LogP contribution is 2.28. The maximum atomic E-state index is 12.6. The third-order valence-electron chi connectivity index (χ3n) is 4.28. The molecule has 0 saturated heterocycles. The number of ether oxygens (including phenoxy) is 1. The molecule has 0 aliphatic rings. The minimum absolute atomic E-state index is 0.274. The Hall–Kier alpha value is -3.68. The Balaban J connectivity index is 1.54. The Morgan fingerprint density at radius 2 is 2.00 bits per heavy atom. The van der Waals surface area contributed by atoms with Crippen LogP contribution in [0.3, 0.4) is 0 Å². The first kappa shape index (κ1) is 16.8. The van der Waals surface area contributed by atoms with Gasteiger partial charge in [-0.3, -0.25) is 14.3 Å². The van der Waals surface area contributed by atoms with Crippen LogP contribution in [0.5, 0.6) is 5.75 Å². The van der Waals surface area contributed by atoms with Crippen molar-refractivity contribution in [3.63, 3.8) is 0 Å². The molecule has 2 N–H and O–H groups in total. The van der Waals surface area contributed by atoms with E-state index in [9.17, 15) is 4.79 Å². The van der Waals surface area contributed by atoms with Crippen LogP contribution in [0.2, 0.25) is 0 Å². The van der Waals surface area contributed by atoms with E-state index in [-0.39, 0.29) is 11.9 Å². The van der Waals surface area contributed by atoms with Gasteiger partial charge in [0.15, 0.2) is 11.5 Å². The summed E-state index contributed by atoms with van der Waals surface area (Å²) in [6, 6.07) is 14.5. The molecule has 27 heavy (non-hydrogen) atoms. The third-order valence-corrected chi connectivity index (χ3v) is 4.28. The molecule has 1 aromatic carbocycles. The van der Waals surface area contributed by atoms with Crippen molar-refractivity contribution >= 4 is 11.6 Å². The molecule has 0 aliphatic heterocycles. The molecule has 0 bridgehead atoms. The highest BCUT2D eigenvalue weighted by molar-refractivity contribution is 5.93. The monoisotopic (exact) mass is 362 g/mol. The number of carbonyl (C=O) groups is 1. The van der Waals surface area contributed by atoms with Crippen LogP contribution in [-0.2, 0) is 0 Å². The van der Waals surface area contributed by atoms with Crippen molar-refractivity contribution in [1.29, 1.82) is 0 Å². The quantitative estimate of drug-likeness (QED) is 0.569. The molecule has 3 heterocycles. The van der Waals surface area contributed by atoms with E-state index in [0.29, 0.717) is 23.0 Å². The van der Waals surface area contributed by atoms with E-state index >= 15 is 0 Å². The number of aromatic amines is 1. The van der Waals surface area contributed by atoms with Crippen molar-refractivity contribution in [2.45, 2.75) is 13.0 Å². The average molecular weight is 362 g/mol. The normalized spacial score (nSPS) is 12.1. The number of nitrogens with zero attached hydrogens (tertiary/aromatic N) is 4. The van der Waals surface area contributed by atoms with E-state index in [1.807, 2.05) is 60.0 Å². The molecule has 4 rings (SSSR count). The molecule has 0 spiro atoms. The summed E-state index contributed by atoms with van der Waals surface area (Å²) in [4.78, 5) is 12.6. The van der Waals surface area contributed by atoms with Crippen LogP contribution in [0.25, 0.3) is 16.9 Å². The van der Waals surface area contributed by atoms with Crippen LogP contribution in [0.15, 0.2) is 54.7 Å². The summed E-state index contributed by atoms with van der Waals surface area (Å²) in [6.45, 7) is 1.86. The lowest BCUT2D eigenvalue weighted by Crippen LogP contribution is -2.28.